The lowest BCUT2D eigenvalue weighted by Gasteiger charge is -2.38. The molecular weight excluding hydrogens is 500 g/mol. The van der Waals surface area contributed by atoms with Crippen molar-refractivity contribution in [1.82, 2.24) is 5.01 Å². The monoisotopic (exact) mass is 526 g/mol. The Hall–Kier alpha value is -4.16. The van der Waals surface area contributed by atoms with E-state index in [0.29, 0.717) is 23.1 Å². The zero-order valence-electron chi connectivity index (χ0n) is 21.1. The number of hydrogen-bond acceptors (Lipinski definition) is 6. The minimum Gasteiger partial charge on any atom is -0.493 e. The van der Waals surface area contributed by atoms with Crippen molar-refractivity contribution in [2.45, 2.75) is 25.3 Å². The quantitative estimate of drug-likeness (QED) is 0.255. The Labute approximate surface area is 227 Å². The summed E-state index contributed by atoms with van der Waals surface area (Å²) in [6.45, 7) is 0.469. The molecule has 0 amide bonds. The summed E-state index contributed by atoms with van der Waals surface area (Å²) in [5, 5.41) is 7.84. The van der Waals surface area contributed by atoms with Gasteiger partial charge in [0.25, 0.3) is 0 Å². The smallest absolute Gasteiger partial charge is 0.213 e. The molecule has 0 spiro atoms. The minimum absolute atomic E-state index is 0.0638. The van der Waals surface area contributed by atoms with Gasteiger partial charge in [-0.2, -0.15) is 5.10 Å². The molecule has 0 N–H and O–H groups in total. The van der Waals surface area contributed by atoms with Gasteiger partial charge >= 0.3 is 0 Å². The molecule has 2 aliphatic rings. The first-order valence-corrected chi connectivity index (χ1v) is 12.8. The van der Waals surface area contributed by atoms with Crippen LogP contribution in [-0.2, 0) is 6.61 Å². The molecule has 4 aromatic rings. The number of ether oxygens (including phenoxy) is 4. The van der Waals surface area contributed by atoms with E-state index in [1.807, 2.05) is 84.9 Å². The fraction of sp³-hybridized carbons (Fsp3) is 0.194. The van der Waals surface area contributed by atoms with Gasteiger partial charge in [0.15, 0.2) is 11.5 Å². The molecule has 0 radical (unpaired) electrons. The maximum absolute atomic E-state index is 6.50. The van der Waals surface area contributed by atoms with E-state index in [1.54, 1.807) is 14.2 Å². The van der Waals surface area contributed by atoms with Crippen LogP contribution < -0.4 is 18.9 Å². The molecule has 4 aromatic carbocycles. The Morgan fingerprint density at radius 2 is 1.66 bits per heavy atom. The summed E-state index contributed by atoms with van der Waals surface area (Å²) in [6.07, 6.45) is 0.395. The molecule has 0 aliphatic carbocycles. The first-order valence-electron chi connectivity index (χ1n) is 12.4. The van der Waals surface area contributed by atoms with Gasteiger partial charge in [0.05, 0.1) is 26.0 Å². The van der Waals surface area contributed by atoms with E-state index in [-0.39, 0.29) is 12.3 Å². The predicted octanol–water partition coefficient (Wildman–Crippen LogP) is 7.18. The van der Waals surface area contributed by atoms with Crippen molar-refractivity contribution in [1.29, 1.82) is 0 Å². The van der Waals surface area contributed by atoms with Crippen molar-refractivity contribution in [2.24, 2.45) is 5.10 Å². The molecule has 6 nitrogen and oxygen atoms in total. The lowest BCUT2D eigenvalue weighted by molar-refractivity contribution is -0.0190. The Bertz CT molecular complexity index is 1470. The summed E-state index contributed by atoms with van der Waals surface area (Å²) in [4.78, 5) is 0. The van der Waals surface area contributed by atoms with Crippen molar-refractivity contribution in [3.63, 3.8) is 0 Å². The van der Waals surface area contributed by atoms with Gasteiger partial charge in [0.2, 0.25) is 6.23 Å². The zero-order chi connectivity index (χ0) is 26.1. The Kier molecular flexibility index (Phi) is 6.56. The average Bonchev–Trinajstić information content (AvgIpc) is 3.42. The first kappa shape index (κ1) is 24.2. The summed E-state index contributed by atoms with van der Waals surface area (Å²) in [5.74, 6) is 3.04. The molecule has 0 bridgehead atoms. The summed E-state index contributed by atoms with van der Waals surface area (Å²) in [5.41, 5.74) is 5.16. The third kappa shape index (κ3) is 4.63. The van der Waals surface area contributed by atoms with Crippen LogP contribution in [0.5, 0.6) is 23.0 Å². The summed E-state index contributed by atoms with van der Waals surface area (Å²) >= 11 is 5.98. The molecule has 0 saturated heterocycles. The molecule has 6 rings (SSSR count). The minimum atomic E-state index is -0.363. The summed E-state index contributed by atoms with van der Waals surface area (Å²) < 4.78 is 23.4. The van der Waals surface area contributed by atoms with Crippen LogP contribution in [0.25, 0.3) is 0 Å². The predicted molar refractivity (Wildman–Crippen MR) is 147 cm³/mol. The van der Waals surface area contributed by atoms with Crippen LogP contribution in [0.1, 0.15) is 40.9 Å². The number of benzene rings is 4. The van der Waals surface area contributed by atoms with Crippen LogP contribution in [0, 0.1) is 0 Å². The molecule has 2 aliphatic heterocycles. The summed E-state index contributed by atoms with van der Waals surface area (Å²) in [6, 6.07) is 29.8. The number of hydrazone groups is 1. The van der Waals surface area contributed by atoms with E-state index in [9.17, 15) is 0 Å². The highest BCUT2D eigenvalue weighted by molar-refractivity contribution is 6.30. The van der Waals surface area contributed by atoms with Gasteiger partial charge in [-0.25, -0.2) is 5.01 Å². The molecule has 2 atom stereocenters. The Balaban J connectivity index is 1.27. The van der Waals surface area contributed by atoms with E-state index in [2.05, 4.69) is 11.1 Å². The van der Waals surface area contributed by atoms with Gasteiger partial charge in [-0.1, -0.05) is 41.9 Å². The molecule has 0 aromatic heterocycles. The van der Waals surface area contributed by atoms with Crippen molar-refractivity contribution in [3.8, 4) is 23.0 Å². The highest BCUT2D eigenvalue weighted by atomic mass is 35.5. The van der Waals surface area contributed by atoms with Crippen molar-refractivity contribution in [3.05, 3.63) is 118 Å². The molecule has 0 saturated carbocycles. The van der Waals surface area contributed by atoms with Gasteiger partial charge in [0, 0.05) is 28.1 Å². The number of hydrogen-bond donors (Lipinski definition) is 0. The van der Waals surface area contributed by atoms with Crippen LogP contribution in [0.4, 0.5) is 0 Å². The average molecular weight is 527 g/mol. The van der Waals surface area contributed by atoms with Crippen molar-refractivity contribution >= 4 is 17.3 Å². The van der Waals surface area contributed by atoms with E-state index in [1.165, 1.54) is 0 Å². The van der Waals surface area contributed by atoms with Crippen molar-refractivity contribution < 1.29 is 18.9 Å². The van der Waals surface area contributed by atoms with Crippen LogP contribution in [-0.4, -0.2) is 24.9 Å². The van der Waals surface area contributed by atoms with Gasteiger partial charge in [0.1, 0.15) is 18.1 Å². The number of nitrogens with zero attached hydrogens (tertiary/aromatic N) is 2. The highest BCUT2D eigenvalue weighted by Gasteiger charge is 2.41. The molecular formula is C31H27ClN2O4. The lowest BCUT2D eigenvalue weighted by atomic mass is 9.96. The fourth-order valence-corrected chi connectivity index (χ4v) is 5.05. The second-order valence-corrected chi connectivity index (χ2v) is 9.65. The molecule has 38 heavy (non-hydrogen) atoms. The van der Waals surface area contributed by atoms with Gasteiger partial charge in [-0.05, 0) is 66.2 Å². The van der Waals surface area contributed by atoms with Crippen molar-refractivity contribution in [2.75, 3.05) is 14.2 Å². The largest absolute Gasteiger partial charge is 0.493 e. The van der Waals surface area contributed by atoms with Crippen LogP contribution in [0.3, 0.4) is 0 Å². The topological polar surface area (TPSA) is 52.5 Å². The molecule has 0 unspecified atom stereocenters. The number of para-hydroxylation sites is 1. The van der Waals surface area contributed by atoms with E-state index in [0.717, 1.165) is 45.9 Å². The first-order chi connectivity index (χ1) is 18.6. The normalized spacial score (nSPS) is 17.7. The molecule has 0 fully saturated rings. The molecule has 192 valence electrons. The molecule has 2 heterocycles. The number of halogens is 1. The van der Waals surface area contributed by atoms with E-state index >= 15 is 0 Å². The SMILES string of the molecule is COc1ccc(C2=NN3[C@@H](c4ccc(OCc5ccc(Cl)cc5)cc4)Oc4ccccc4[C@@H]3C2)cc1OC. The standard InChI is InChI=1S/C31H27ClN2O4/c1-35-29-16-11-22(17-30(29)36-2)26-18-27-25-5-3-4-6-28(25)38-31(34(27)33-26)21-9-14-24(15-10-21)37-19-20-7-12-23(32)13-8-20/h3-17,27,31H,18-19H2,1-2H3/t27-,31+/m0/s1. The van der Waals surface area contributed by atoms with Crippen LogP contribution in [0.15, 0.2) is 96.1 Å². The van der Waals surface area contributed by atoms with Crippen LogP contribution >= 0.6 is 11.6 Å². The maximum atomic E-state index is 6.50. The lowest BCUT2D eigenvalue weighted by Crippen LogP contribution is -2.33. The Morgan fingerprint density at radius 1 is 0.895 bits per heavy atom. The van der Waals surface area contributed by atoms with Crippen LogP contribution in [0.2, 0.25) is 5.02 Å². The third-order valence-electron chi connectivity index (χ3n) is 6.90. The Morgan fingerprint density at radius 3 is 2.42 bits per heavy atom. The third-order valence-corrected chi connectivity index (χ3v) is 7.15. The van der Waals surface area contributed by atoms with E-state index < -0.39 is 0 Å². The fourth-order valence-electron chi connectivity index (χ4n) is 4.92. The number of methoxy groups -OCH3 is 2. The second kappa shape index (κ2) is 10.3. The van der Waals surface area contributed by atoms with Gasteiger partial charge in [-0.15, -0.1) is 0 Å². The van der Waals surface area contributed by atoms with Gasteiger partial charge < -0.3 is 18.9 Å². The second-order valence-electron chi connectivity index (χ2n) is 9.21. The zero-order valence-corrected chi connectivity index (χ0v) is 21.9. The summed E-state index contributed by atoms with van der Waals surface area (Å²) in [7, 11) is 3.28. The highest BCUT2D eigenvalue weighted by Crippen LogP contribution is 2.47. The maximum Gasteiger partial charge on any atom is 0.213 e. The van der Waals surface area contributed by atoms with Gasteiger partial charge in [-0.3, -0.25) is 0 Å². The molecule has 7 heteroatoms. The van der Waals surface area contributed by atoms with E-state index in [4.69, 9.17) is 35.6 Å². The number of fused-ring (bicyclic) bond motifs is 3. The number of rotatable bonds is 7.